The highest BCUT2D eigenvalue weighted by Crippen LogP contribution is 2.27. The monoisotopic (exact) mass is 380 g/mol. The van der Waals surface area contributed by atoms with Gasteiger partial charge in [0.2, 0.25) is 0 Å². The molecule has 0 aromatic heterocycles. The average molecular weight is 380 g/mol. The quantitative estimate of drug-likeness (QED) is 0.451. The predicted octanol–water partition coefficient (Wildman–Crippen LogP) is 4.26. The van der Waals surface area contributed by atoms with Crippen molar-refractivity contribution < 1.29 is 14.5 Å². The van der Waals surface area contributed by atoms with Gasteiger partial charge in [0, 0.05) is 41.8 Å². The topological polar surface area (TPSA) is 80.5 Å². The van der Waals surface area contributed by atoms with Gasteiger partial charge in [-0.1, -0.05) is 29.8 Å². The summed E-state index contributed by atoms with van der Waals surface area (Å²) in [6.07, 6.45) is 1.21. The van der Waals surface area contributed by atoms with Crippen LogP contribution in [0.5, 0.6) is 0 Å². The molecule has 2 aromatic carbocycles. The van der Waals surface area contributed by atoms with Gasteiger partial charge in [0.05, 0.1) is 4.92 Å². The van der Waals surface area contributed by atoms with Gasteiger partial charge in [0.25, 0.3) is 11.6 Å². The standard InChI is InChI=1S/C22H24N2O4/c1-14-7-8-18(15(2)13-14)21(25)17-9-11-23(12-10-17)22(26)19-5-4-6-20(16(19)3)24(27)28/h4-8,13,17H,9-12H2,1-3H3. The Morgan fingerprint density at radius 1 is 1.04 bits per heavy atom. The van der Waals surface area contributed by atoms with E-state index in [1.54, 1.807) is 17.9 Å². The summed E-state index contributed by atoms with van der Waals surface area (Å²) in [4.78, 5) is 38.1. The van der Waals surface area contributed by atoms with Crippen LogP contribution in [0.3, 0.4) is 0 Å². The van der Waals surface area contributed by atoms with Gasteiger partial charge in [-0.15, -0.1) is 0 Å². The number of Topliss-reactive ketones (excluding diaryl/α,β-unsaturated/α-hetero) is 1. The molecule has 0 radical (unpaired) electrons. The summed E-state index contributed by atoms with van der Waals surface area (Å²) in [5.74, 6) is -0.175. The van der Waals surface area contributed by atoms with Crippen LogP contribution in [0.25, 0.3) is 0 Å². The molecule has 2 aromatic rings. The molecular formula is C22H24N2O4. The fourth-order valence-corrected chi connectivity index (χ4v) is 3.88. The summed E-state index contributed by atoms with van der Waals surface area (Å²) in [5.41, 5.74) is 3.55. The van der Waals surface area contributed by atoms with Crippen molar-refractivity contribution in [3.05, 3.63) is 74.3 Å². The number of benzene rings is 2. The Bertz CT molecular complexity index is 944. The minimum Gasteiger partial charge on any atom is -0.339 e. The molecule has 28 heavy (non-hydrogen) atoms. The molecule has 0 spiro atoms. The summed E-state index contributed by atoms with van der Waals surface area (Å²) in [6.45, 7) is 6.50. The molecule has 1 amide bonds. The number of aryl methyl sites for hydroxylation is 2. The van der Waals surface area contributed by atoms with Crippen LogP contribution in [0.1, 0.15) is 50.2 Å². The van der Waals surface area contributed by atoms with Crippen molar-refractivity contribution in [2.24, 2.45) is 5.92 Å². The van der Waals surface area contributed by atoms with E-state index in [1.807, 2.05) is 32.0 Å². The number of likely N-dealkylation sites (tertiary alicyclic amines) is 1. The first-order valence-electron chi connectivity index (χ1n) is 9.44. The first-order valence-corrected chi connectivity index (χ1v) is 9.44. The number of carbonyl (C=O) groups excluding carboxylic acids is 2. The van der Waals surface area contributed by atoms with E-state index in [-0.39, 0.29) is 23.3 Å². The summed E-state index contributed by atoms with van der Waals surface area (Å²) >= 11 is 0. The number of amides is 1. The van der Waals surface area contributed by atoms with Gasteiger partial charge in [-0.3, -0.25) is 19.7 Å². The van der Waals surface area contributed by atoms with Gasteiger partial charge in [-0.25, -0.2) is 0 Å². The number of hydrogen-bond acceptors (Lipinski definition) is 4. The van der Waals surface area contributed by atoms with Crippen molar-refractivity contribution in [1.82, 2.24) is 4.90 Å². The molecule has 0 aliphatic carbocycles. The van der Waals surface area contributed by atoms with Crippen LogP contribution in [0.15, 0.2) is 36.4 Å². The van der Waals surface area contributed by atoms with Crippen LogP contribution in [0.2, 0.25) is 0 Å². The summed E-state index contributed by atoms with van der Waals surface area (Å²) in [6, 6.07) is 10.4. The maximum atomic E-state index is 12.9. The van der Waals surface area contributed by atoms with Crippen molar-refractivity contribution in [2.75, 3.05) is 13.1 Å². The Balaban J connectivity index is 1.70. The number of rotatable bonds is 4. The summed E-state index contributed by atoms with van der Waals surface area (Å²) in [5, 5.41) is 11.1. The van der Waals surface area contributed by atoms with Crippen molar-refractivity contribution in [1.29, 1.82) is 0 Å². The Hall–Kier alpha value is -3.02. The van der Waals surface area contributed by atoms with E-state index in [0.29, 0.717) is 37.1 Å². The lowest BCUT2D eigenvalue weighted by atomic mass is 9.86. The zero-order valence-electron chi connectivity index (χ0n) is 16.4. The van der Waals surface area contributed by atoms with Crippen LogP contribution < -0.4 is 0 Å². The molecule has 6 nitrogen and oxygen atoms in total. The van der Waals surface area contributed by atoms with Gasteiger partial charge in [0.15, 0.2) is 5.78 Å². The first kappa shape index (κ1) is 19.7. The summed E-state index contributed by atoms with van der Waals surface area (Å²) in [7, 11) is 0. The van der Waals surface area contributed by atoms with Crippen molar-refractivity contribution >= 4 is 17.4 Å². The van der Waals surface area contributed by atoms with Crippen LogP contribution in [-0.2, 0) is 0 Å². The number of carbonyl (C=O) groups is 2. The molecule has 1 aliphatic rings. The third-order valence-corrected chi connectivity index (χ3v) is 5.53. The number of nitro groups is 1. The molecular weight excluding hydrogens is 356 g/mol. The molecule has 1 fully saturated rings. The van der Waals surface area contributed by atoms with Crippen LogP contribution in [0, 0.1) is 36.8 Å². The Morgan fingerprint density at radius 3 is 2.32 bits per heavy atom. The maximum absolute atomic E-state index is 12.9. The van der Waals surface area contributed by atoms with Crippen LogP contribution >= 0.6 is 0 Å². The molecule has 146 valence electrons. The van der Waals surface area contributed by atoms with E-state index in [4.69, 9.17) is 0 Å². The fourth-order valence-electron chi connectivity index (χ4n) is 3.88. The zero-order valence-corrected chi connectivity index (χ0v) is 16.4. The Morgan fingerprint density at radius 2 is 1.71 bits per heavy atom. The normalized spacial score (nSPS) is 14.8. The molecule has 0 bridgehead atoms. The SMILES string of the molecule is Cc1ccc(C(=O)C2CCN(C(=O)c3cccc([N+](=O)[O-])c3C)CC2)c(C)c1. The van der Waals surface area contributed by atoms with E-state index < -0.39 is 4.92 Å². The van der Waals surface area contributed by atoms with E-state index in [9.17, 15) is 19.7 Å². The Labute approximate surface area is 164 Å². The smallest absolute Gasteiger partial charge is 0.273 e. The Kier molecular flexibility index (Phi) is 5.58. The summed E-state index contributed by atoms with van der Waals surface area (Å²) < 4.78 is 0. The van der Waals surface area contributed by atoms with Crippen LogP contribution in [0.4, 0.5) is 5.69 Å². The second-order valence-corrected chi connectivity index (χ2v) is 7.46. The number of ketones is 1. The third kappa shape index (κ3) is 3.81. The average Bonchev–Trinajstić information content (AvgIpc) is 2.67. The van der Waals surface area contributed by atoms with E-state index in [1.165, 1.54) is 12.1 Å². The highest BCUT2D eigenvalue weighted by molar-refractivity contribution is 6.00. The number of hydrogen-bond donors (Lipinski definition) is 0. The molecule has 6 heteroatoms. The molecule has 3 rings (SSSR count). The molecule has 1 heterocycles. The fraction of sp³-hybridized carbons (Fsp3) is 0.364. The largest absolute Gasteiger partial charge is 0.339 e. The molecule has 0 saturated carbocycles. The predicted molar refractivity (Wildman–Crippen MR) is 107 cm³/mol. The lowest BCUT2D eigenvalue weighted by molar-refractivity contribution is -0.385. The van der Waals surface area contributed by atoms with Crippen LogP contribution in [-0.4, -0.2) is 34.6 Å². The van der Waals surface area contributed by atoms with Gasteiger partial charge in [0.1, 0.15) is 0 Å². The van der Waals surface area contributed by atoms with Crippen molar-refractivity contribution in [3.63, 3.8) is 0 Å². The second-order valence-electron chi connectivity index (χ2n) is 7.46. The lowest BCUT2D eigenvalue weighted by Gasteiger charge is -2.32. The van der Waals surface area contributed by atoms with Crippen molar-refractivity contribution in [3.8, 4) is 0 Å². The molecule has 0 atom stereocenters. The van der Waals surface area contributed by atoms with E-state index in [0.717, 1.165) is 16.7 Å². The molecule has 0 unspecified atom stereocenters. The van der Waals surface area contributed by atoms with Gasteiger partial charge < -0.3 is 4.90 Å². The third-order valence-electron chi connectivity index (χ3n) is 5.53. The highest BCUT2D eigenvalue weighted by atomic mass is 16.6. The van der Waals surface area contributed by atoms with Gasteiger partial charge in [-0.05, 0) is 45.2 Å². The van der Waals surface area contributed by atoms with E-state index in [2.05, 4.69) is 0 Å². The number of nitrogens with zero attached hydrogens (tertiary/aromatic N) is 2. The molecule has 1 saturated heterocycles. The van der Waals surface area contributed by atoms with Gasteiger partial charge >= 0.3 is 0 Å². The zero-order chi connectivity index (χ0) is 20.4. The minimum absolute atomic E-state index is 0.0502. The van der Waals surface area contributed by atoms with E-state index >= 15 is 0 Å². The van der Waals surface area contributed by atoms with Crippen molar-refractivity contribution in [2.45, 2.75) is 33.6 Å². The van der Waals surface area contributed by atoms with Gasteiger partial charge in [-0.2, -0.15) is 0 Å². The second kappa shape index (κ2) is 7.92. The lowest BCUT2D eigenvalue weighted by Crippen LogP contribution is -2.40. The first-order chi connectivity index (χ1) is 13.3. The molecule has 1 aliphatic heterocycles. The molecule has 0 N–H and O–H groups in total. The number of piperidine rings is 1. The maximum Gasteiger partial charge on any atom is 0.273 e. The minimum atomic E-state index is -0.471. The number of nitro benzene ring substituents is 1. The highest BCUT2D eigenvalue weighted by Gasteiger charge is 2.30.